The van der Waals surface area contributed by atoms with E-state index in [1.165, 1.54) is 12.1 Å². The molecule has 4 aliphatic rings. The molecule has 0 aliphatic carbocycles. The van der Waals surface area contributed by atoms with Crippen molar-refractivity contribution in [2.24, 2.45) is 0 Å². The van der Waals surface area contributed by atoms with Crippen molar-refractivity contribution in [2.75, 3.05) is 0 Å². The van der Waals surface area contributed by atoms with Crippen molar-refractivity contribution in [3.63, 3.8) is 0 Å². The predicted octanol–water partition coefficient (Wildman–Crippen LogP) is 0.667. The minimum absolute atomic E-state index is 0.192. The van der Waals surface area contributed by atoms with Gasteiger partial charge in [0, 0.05) is 28.8 Å². The van der Waals surface area contributed by atoms with Gasteiger partial charge in [0.05, 0.1) is 17.8 Å². The monoisotopic (exact) mass is 624 g/mol. The van der Waals surface area contributed by atoms with Gasteiger partial charge in [-0.15, -0.1) is 0 Å². The van der Waals surface area contributed by atoms with Gasteiger partial charge in [0.15, 0.2) is 5.60 Å². The average molecular weight is 625 g/mol. The van der Waals surface area contributed by atoms with E-state index in [-0.39, 0.29) is 23.0 Å². The van der Waals surface area contributed by atoms with E-state index in [0.29, 0.717) is 22.3 Å². The summed E-state index contributed by atoms with van der Waals surface area (Å²) in [5.74, 6) is 0.323. The summed E-state index contributed by atoms with van der Waals surface area (Å²) in [5.41, 5.74) is 0.508. The van der Waals surface area contributed by atoms with E-state index in [1.807, 2.05) is 0 Å². The highest BCUT2D eigenvalue weighted by atomic mass is 16.7. The lowest BCUT2D eigenvalue weighted by atomic mass is 9.77. The van der Waals surface area contributed by atoms with Gasteiger partial charge in [-0.2, -0.15) is 0 Å². The fraction of sp³-hybridized carbons (Fsp3) is 0.406. The number of hydrogen-bond donors (Lipinski definition) is 6. The fourth-order valence-electron chi connectivity index (χ4n) is 6.27. The Hall–Kier alpha value is -3.79. The number of carbonyl (C=O) groups is 1. The number of esters is 1. The molecule has 0 amide bonds. The maximum atomic E-state index is 13.2. The molecule has 238 valence electrons. The maximum Gasteiger partial charge on any atom is 0.340 e. The van der Waals surface area contributed by atoms with Gasteiger partial charge >= 0.3 is 5.97 Å². The van der Waals surface area contributed by atoms with Crippen LogP contribution in [0.1, 0.15) is 40.9 Å². The van der Waals surface area contributed by atoms with Crippen molar-refractivity contribution in [1.82, 2.24) is 0 Å². The molecule has 13 nitrogen and oxygen atoms in total. The molecule has 0 saturated carbocycles. The van der Waals surface area contributed by atoms with Gasteiger partial charge in [-0.1, -0.05) is 18.2 Å². The van der Waals surface area contributed by atoms with Gasteiger partial charge < -0.3 is 59.1 Å². The minimum Gasteiger partial charge on any atom is -0.462 e. The lowest BCUT2D eigenvalue weighted by Gasteiger charge is -2.40. The maximum absolute atomic E-state index is 13.2. The van der Waals surface area contributed by atoms with Gasteiger partial charge in [-0.25, -0.2) is 4.79 Å². The molecule has 0 aromatic heterocycles. The molecule has 4 heterocycles. The Morgan fingerprint density at radius 2 is 1.11 bits per heavy atom. The molecule has 3 aromatic carbocycles. The Bertz CT molecular complexity index is 1540. The summed E-state index contributed by atoms with van der Waals surface area (Å²) in [6.45, 7) is 3.08. The lowest BCUT2D eigenvalue weighted by molar-refractivity contribution is -0.268. The zero-order chi connectivity index (χ0) is 31.8. The highest BCUT2D eigenvalue weighted by Crippen LogP contribution is 2.57. The van der Waals surface area contributed by atoms with Crippen LogP contribution >= 0.6 is 0 Å². The largest absolute Gasteiger partial charge is 0.462 e. The molecule has 10 atom stereocenters. The van der Waals surface area contributed by atoms with Gasteiger partial charge in [0.25, 0.3) is 0 Å². The van der Waals surface area contributed by atoms with E-state index in [1.54, 1.807) is 62.4 Å². The summed E-state index contributed by atoms with van der Waals surface area (Å²) in [4.78, 5) is 13.2. The topological polar surface area (TPSA) is 194 Å². The smallest absolute Gasteiger partial charge is 0.340 e. The summed E-state index contributed by atoms with van der Waals surface area (Å²) < 4.78 is 35.4. The van der Waals surface area contributed by atoms with Crippen LogP contribution < -0.4 is 14.2 Å². The molecule has 2 saturated heterocycles. The van der Waals surface area contributed by atoms with Crippen LogP contribution in [0, 0.1) is 0 Å². The fourth-order valence-corrected chi connectivity index (χ4v) is 6.27. The quantitative estimate of drug-likeness (QED) is 0.222. The van der Waals surface area contributed by atoms with Crippen molar-refractivity contribution in [3.05, 3.63) is 82.9 Å². The first-order valence-corrected chi connectivity index (χ1v) is 14.5. The summed E-state index contributed by atoms with van der Waals surface area (Å²) in [7, 11) is 0. The zero-order valence-corrected chi connectivity index (χ0v) is 24.1. The van der Waals surface area contributed by atoms with Crippen LogP contribution in [-0.4, -0.2) is 98.0 Å². The van der Waals surface area contributed by atoms with E-state index in [9.17, 15) is 35.4 Å². The third kappa shape index (κ3) is 4.66. The van der Waals surface area contributed by atoms with Crippen LogP contribution in [0.5, 0.6) is 23.0 Å². The normalized spacial score (nSPS) is 36.8. The van der Waals surface area contributed by atoms with Crippen LogP contribution in [0.25, 0.3) is 0 Å². The second-order valence-corrected chi connectivity index (χ2v) is 11.6. The molecule has 45 heavy (non-hydrogen) atoms. The molecule has 4 aliphatic heterocycles. The number of aliphatic hydroxyl groups excluding tert-OH is 6. The Morgan fingerprint density at radius 1 is 0.622 bits per heavy atom. The first-order chi connectivity index (χ1) is 21.5. The van der Waals surface area contributed by atoms with Crippen LogP contribution in [0.2, 0.25) is 0 Å². The van der Waals surface area contributed by atoms with E-state index < -0.39 is 73.0 Å². The summed E-state index contributed by atoms with van der Waals surface area (Å²) in [6.07, 6.45) is -12.9. The Labute approximate surface area is 256 Å². The molecule has 7 rings (SSSR count). The highest BCUT2D eigenvalue weighted by Gasteiger charge is 2.54. The Morgan fingerprint density at radius 3 is 1.62 bits per heavy atom. The molecule has 13 heteroatoms. The number of benzene rings is 3. The van der Waals surface area contributed by atoms with Gasteiger partial charge in [-0.3, -0.25) is 0 Å². The molecule has 1 spiro atoms. The first-order valence-electron chi connectivity index (χ1n) is 14.5. The van der Waals surface area contributed by atoms with Gasteiger partial charge in [-0.05, 0) is 44.2 Å². The SMILES string of the molecule is C[C@H]1O[C@@H](Oc2ccc3c(c2)Oc2cc(O[C@@H]4O[C@H](C)[C@H](O)[C@H](O)[C@H]4O)ccc2C32OC(=O)c3ccccc32)[C@H](O)[C@@H](O)[C@H]1O. The second kappa shape index (κ2) is 10.9. The summed E-state index contributed by atoms with van der Waals surface area (Å²) in [6, 6.07) is 16.5. The van der Waals surface area contributed by atoms with Gasteiger partial charge in [0.1, 0.15) is 59.6 Å². The van der Waals surface area contributed by atoms with E-state index in [2.05, 4.69) is 0 Å². The number of hydrogen-bond acceptors (Lipinski definition) is 13. The third-order valence-electron chi connectivity index (χ3n) is 8.78. The average Bonchev–Trinajstić information content (AvgIpc) is 3.32. The van der Waals surface area contributed by atoms with Gasteiger partial charge in [0.2, 0.25) is 12.6 Å². The molecule has 3 aromatic rings. The molecule has 2 fully saturated rings. The van der Waals surface area contributed by atoms with Crippen LogP contribution in [0.4, 0.5) is 0 Å². The lowest BCUT2D eigenvalue weighted by Crippen LogP contribution is -2.58. The molecule has 0 unspecified atom stereocenters. The Kier molecular flexibility index (Phi) is 7.26. The molecule has 0 bridgehead atoms. The summed E-state index contributed by atoms with van der Waals surface area (Å²) in [5, 5.41) is 61.5. The van der Waals surface area contributed by atoms with Crippen LogP contribution in [-0.2, 0) is 19.8 Å². The molecule has 0 radical (unpaired) electrons. The Balaban J connectivity index is 1.27. The van der Waals surface area contributed by atoms with Crippen molar-refractivity contribution >= 4 is 5.97 Å². The number of aliphatic hydroxyl groups is 6. The molecule has 6 N–H and O–H groups in total. The minimum atomic E-state index is -1.54. The van der Waals surface area contributed by atoms with E-state index in [4.69, 9.17) is 28.4 Å². The zero-order valence-electron chi connectivity index (χ0n) is 24.1. The van der Waals surface area contributed by atoms with E-state index >= 15 is 0 Å². The summed E-state index contributed by atoms with van der Waals surface area (Å²) >= 11 is 0. The third-order valence-corrected chi connectivity index (χ3v) is 8.78. The van der Waals surface area contributed by atoms with Crippen molar-refractivity contribution in [2.45, 2.75) is 80.9 Å². The highest BCUT2D eigenvalue weighted by molar-refractivity contribution is 5.97. The first kappa shape index (κ1) is 29.9. The number of rotatable bonds is 4. The second-order valence-electron chi connectivity index (χ2n) is 11.6. The predicted molar refractivity (Wildman–Crippen MR) is 151 cm³/mol. The molecular formula is C32H32O13. The van der Waals surface area contributed by atoms with Crippen LogP contribution in [0.15, 0.2) is 60.7 Å². The van der Waals surface area contributed by atoms with E-state index in [0.717, 1.165) is 0 Å². The standard InChI is InChI=1S/C32H32O13/c1-13-23(33)25(35)27(37)30(40-13)42-15-7-9-19-21(11-15)44-22-12-16(43-31-28(38)26(36)24(34)14(2)41-31)8-10-20(22)32(19)18-6-4-3-5-17(18)29(39)45-32/h3-14,23-28,30-31,33-38H,1-2H3/t13-,14-,23+,24+,25+,26+,27-,28-,30+,31+/m1/s1. The number of ether oxygens (including phenoxy) is 6. The molecular weight excluding hydrogens is 592 g/mol. The number of carbonyl (C=O) groups excluding carboxylic acids is 1. The van der Waals surface area contributed by atoms with Crippen molar-refractivity contribution in [3.8, 4) is 23.0 Å². The van der Waals surface area contributed by atoms with Crippen LogP contribution in [0.3, 0.4) is 0 Å². The van der Waals surface area contributed by atoms with Crippen molar-refractivity contribution < 1.29 is 63.9 Å². The number of fused-ring (bicyclic) bond motifs is 6. The van der Waals surface area contributed by atoms with Crippen molar-refractivity contribution in [1.29, 1.82) is 0 Å².